The van der Waals surface area contributed by atoms with Crippen molar-refractivity contribution in [1.82, 2.24) is 10.2 Å². The highest BCUT2D eigenvalue weighted by Gasteiger charge is 2.27. The molecule has 30 heavy (non-hydrogen) atoms. The Morgan fingerprint density at radius 3 is 2.27 bits per heavy atom. The number of para-hydroxylation sites is 1. The number of hydrogen-bond acceptors (Lipinski definition) is 4. The van der Waals surface area contributed by atoms with Gasteiger partial charge in [-0.1, -0.05) is 38.1 Å². The molecule has 1 fully saturated rings. The molecule has 1 saturated heterocycles. The molecule has 6 heteroatoms. The van der Waals surface area contributed by atoms with Crippen molar-refractivity contribution in [2.75, 3.05) is 13.1 Å². The van der Waals surface area contributed by atoms with E-state index in [1.165, 1.54) is 11.6 Å². The molecule has 6 nitrogen and oxygen atoms in total. The Kier molecular flexibility index (Phi) is 6.98. The molecule has 1 heterocycles. The van der Waals surface area contributed by atoms with Crippen molar-refractivity contribution in [2.24, 2.45) is 0 Å². The van der Waals surface area contributed by atoms with E-state index < -0.39 is 6.10 Å². The van der Waals surface area contributed by atoms with Gasteiger partial charge < -0.3 is 20.1 Å². The molecule has 0 aliphatic carbocycles. The molecule has 2 aromatic rings. The monoisotopic (exact) mass is 410 g/mol. The predicted octanol–water partition coefficient (Wildman–Crippen LogP) is 3.70. The summed E-state index contributed by atoms with van der Waals surface area (Å²) in [6.07, 6.45) is 0.734. The number of benzene rings is 2. The number of amides is 2. The summed E-state index contributed by atoms with van der Waals surface area (Å²) < 4.78 is 5.78. The molecule has 1 aliphatic rings. The third-order valence-electron chi connectivity index (χ3n) is 5.49. The zero-order valence-electron chi connectivity index (χ0n) is 17.8. The van der Waals surface area contributed by atoms with Gasteiger partial charge in [0.1, 0.15) is 11.5 Å². The fourth-order valence-corrected chi connectivity index (χ4v) is 3.56. The SMILES string of the molecule is CC(Oc1ccc(C(C)C)cc1)C(=O)NC1CCN(C(=O)c2ccccc2O)CC1. The van der Waals surface area contributed by atoms with E-state index in [-0.39, 0.29) is 23.6 Å². The standard InChI is InChI=1S/C24H30N2O4/c1-16(2)18-8-10-20(11-9-18)30-17(3)23(28)25-19-12-14-26(15-13-19)24(29)21-6-4-5-7-22(21)27/h4-11,16-17,19,27H,12-15H2,1-3H3,(H,25,28). The molecule has 3 rings (SSSR count). The Bertz CT molecular complexity index is 871. The zero-order chi connectivity index (χ0) is 21.7. The normalized spacial score (nSPS) is 15.7. The number of phenols is 1. The van der Waals surface area contributed by atoms with Crippen LogP contribution in [0.4, 0.5) is 0 Å². The van der Waals surface area contributed by atoms with Crippen molar-refractivity contribution >= 4 is 11.8 Å². The van der Waals surface area contributed by atoms with Gasteiger partial charge in [0.2, 0.25) is 0 Å². The number of piperidine rings is 1. The van der Waals surface area contributed by atoms with Gasteiger partial charge in [0, 0.05) is 19.1 Å². The van der Waals surface area contributed by atoms with Crippen LogP contribution in [-0.2, 0) is 4.79 Å². The van der Waals surface area contributed by atoms with Crippen LogP contribution >= 0.6 is 0 Å². The molecule has 2 aromatic carbocycles. The van der Waals surface area contributed by atoms with Gasteiger partial charge in [0.05, 0.1) is 5.56 Å². The molecule has 2 N–H and O–H groups in total. The van der Waals surface area contributed by atoms with Crippen LogP contribution in [0.25, 0.3) is 0 Å². The van der Waals surface area contributed by atoms with E-state index in [0.717, 1.165) is 0 Å². The molecular formula is C24H30N2O4. The number of likely N-dealkylation sites (tertiary alicyclic amines) is 1. The molecule has 1 unspecified atom stereocenters. The molecule has 0 spiro atoms. The number of ether oxygens (including phenoxy) is 1. The summed E-state index contributed by atoms with van der Waals surface area (Å²) in [5, 5.41) is 12.9. The number of rotatable bonds is 6. The van der Waals surface area contributed by atoms with Crippen LogP contribution in [0.3, 0.4) is 0 Å². The minimum Gasteiger partial charge on any atom is -0.507 e. The molecule has 1 atom stereocenters. The molecule has 160 valence electrons. The number of carbonyl (C=O) groups excluding carboxylic acids is 2. The van der Waals surface area contributed by atoms with Gasteiger partial charge in [0.15, 0.2) is 6.10 Å². The highest BCUT2D eigenvalue weighted by Crippen LogP contribution is 2.21. The van der Waals surface area contributed by atoms with E-state index in [9.17, 15) is 14.7 Å². The van der Waals surface area contributed by atoms with E-state index in [2.05, 4.69) is 19.2 Å². The van der Waals surface area contributed by atoms with Crippen molar-refractivity contribution in [3.8, 4) is 11.5 Å². The molecule has 0 bridgehead atoms. The first-order chi connectivity index (χ1) is 14.3. The van der Waals surface area contributed by atoms with Gasteiger partial charge in [-0.25, -0.2) is 0 Å². The lowest BCUT2D eigenvalue weighted by atomic mass is 10.0. The topological polar surface area (TPSA) is 78.9 Å². The van der Waals surface area contributed by atoms with Crippen molar-refractivity contribution in [3.05, 3.63) is 59.7 Å². The molecule has 0 aromatic heterocycles. The zero-order valence-corrected chi connectivity index (χ0v) is 17.8. The summed E-state index contributed by atoms with van der Waals surface area (Å²) in [6.45, 7) is 7.07. The van der Waals surface area contributed by atoms with Crippen LogP contribution in [0.1, 0.15) is 55.5 Å². The second-order valence-electron chi connectivity index (χ2n) is 8.08. The Labute approximate surface area is 177 Å². The lowest BCUT2D eigenvalue weighted by molar-refractivity contribution is -0.128. The maximum atomic E-state index is 12.6. The molecule has 2 amide bonds. The van der Waals surface area contributed by atoms with Crippen molar-refractivity contribution in [2.45, 2.75) is 51.7 Å². The first kappa shape index (κ1) is 21.7. The smallest absolute Gasteiger partial charge is 0.260 e. The van der Waals surface area contributed by atoms with Crippen LogP contribution in [0.2, 0.25) is 0 Å². The number of phenolic OH excluding ortho intramolecular Hbond substituents is 1. The number of hydrogen-bond donors (Lipinski definition) is 2. The van der Waals surface area contributed by atoms with E-state index in [4.69, 9.17) is 4.74 Å². The van der Waals surface area contributed by atoms with E-state index >= 15 is 0 Å². The summed E-state index contributed by atoms with van der Waals surface area (Å²) in [7, 11) is 0. The van der Waals surface area contributed by atoms with Gasteiger partial charge in [-0.2, -0.15) is 0 Å². The Morgan fingerprint density at radius 2 is 1.67 bits per heavy atom. The van der Waals surface area contributed by atoms with E-state index in [0.29, 0.717) is 43.2 Å². The second-order valence-corrected chi connectivity index (χ2v) is 8.08. The van der Waals surface area contributed by atoms with Gasteiger partial charge in [0.25, 0.3) is 11.8 Å². The molecular weight excluding hydrogens is 380 g/mol. The molecule has 1 aliphatic heterocycles. The van der Waals surface area contributed by atoms with Crippen molar-refractivity contribution < 1.29 is 19.4 Å². The molecule has 0 radical (unpaired) electrons. The lowest BCUT2D eigenvalue weighted by Gasteiger charge is -2.33. The highest BCUT2D eigenvalue weighted by atomic mass is 16.5. The first-order valence-corrected chi connectivity index (χ1v) is 10.5. The maximum Gasteiger partial charge on any atom is 0.260 e. The number of carbonyl (C=O) groups is 2. The Hall–Kier alpha value is -3.02. The second kappa shape index (κ2) is 9.65. The van der Waals surface area contributed by atoms with Crippen molar-refractivity contribution in [1.29, 1.82) is 0 Å². The van der Waals surface area contributed by atoms with Gasteiger partial charge in [-0.3, -0.25) is 9.59 Å². The summed E-state index contributed by atoms with van der Waals surface area (Å²) in [5.41, 5.74) is 1.54. The van der Waals surface area contributed by atoms with Crippen LogP contribution in [-0.4, -0.2) is 47.1 Å². The fraction of sp³-hybridized carbons (Fsp3) is 0.417. The minimum atomic E-state index is -0.601. The minimum absolute atomic E-state index is 0.000266. The lowest BCUT2D eigenvalue weighted by Crippen LogP contribution is -2.49. The maximum absolute atomic E-state index is 12.6. The highest BCUT2D eigenvalue weighted by molar-refractivity contribution is 5.96. The largest absolute Gasteiger partial charge is 0.507 e. The van der Waals surface area contributed by atoms with Crippen LogP contribution in [0.15, 0.2) is 48.5 Å². The summed E-state index contributed by atoms with van der Waals surface area (Å²) in [5.74, 6) is 0.770. The van der Waals surface area contributed by atoms with Gasteiger partial charge in [-0.15, -0.1) is 0 Å². The number of nitrogens with zero attached hydrogens (tertiary/aromatic N) is 1. The van der Waals surface area contributed by atoms with E-state index in [1.54, 1.807) is 30.0 Å². The first-order valence-electron chi connectivity index (χ1n) is 10.5. The molecule has 0 saturated carbocycles. The third kappa shape index (κ3) is 5.32. The third-order valence-corrected chi connectivity index (χ3v) is 5.49. The Balaban J connectivity index is 1.47. The average molecular weight is 411 g/mol. The van der Waals surface area contributed by atoms with Crippen LogP contribution in [0, 0.1) is 0 Å². The number of aromatic hydroxyl groups is 1. The van der Waals surface area contributed by atoms with Crippen LogP contribution < -0.4 is 10.1 Å². The van der Waals surface area contributed by atoms with Gasteiger partial charge in [-0.05, 0) is 55.5 Å². The summed E-state index contributed by atoms with van der Waals surface area (Å²) >= 11 is 0. The van der Waals surface area contributed by atoms with E-state index in [1.807, 2.05) is 24.3 Å². The predicted molar refractivity (Wildman–Crippen MR) is 116 cm³/mol. The van der Waals surface area contributed by atoms with Crippen molar-refractivity contribution in [3.63, 3.8) is 0 Å². The fourth-order valence-electron chi connectivity index (χ4n) is 3.56. The summed E-state index contributed by atoms with van der Waals surface area (Å²) in [6, 6.07) is 14.4. The van der Waals surface area contributed by atoms with Gasteiger partial charge >= 0.3 is 0 Å². The summed E-state index contributed by atoms with van der Waals surface area (Å²) in [4.78, 5) is 26.8. The Morgan fingerprint density at radius 1 is 1.03 bits per heavy atom. The number of nitrogens with one attached hydrogen (secondary N) is 1. The van der Waals surface area contributed by atoms with Crippen LogP contribution in [0.5, 0.6) is 11.5 Å². The average Bonchev–Trinajstić information content (AvgIpc) is 2.74. The quantitative estimate of drug-likeness (QED) is 0.761.